The first-order valence-corrected chi connectivity index (χ1v) is 8.07. The van der Waals surface area contributed by atoms with E-state index in [9.17, 15) is 0 Å². The predicted molar refractivity (Wildman–Crippen MR) is 79.1 cm³/mol. The summed E-state index contributed by atoms with van der Waals surface area (Å²) in [5, 5.41) is 10.8. The van der Waals surface area contributed by atoms with E-state index in [1.54, 1.807) is 23.7 Å². The van der Waals surface area contributed by atoms with Gasteiger partial charge < -0.3 is 4.42 Å². The topological polar surface area (TPSA) is 51.8 Å². The molecule has 3 aromatic rings. The van der Waals surface area contributed by atoms with Crippen molar-refractivity contribution in [3.63, 3.8) is 0 Å². The first-order valence-electron chi connectivity index (χ1n) is 5.41. The SMILES string of the molecule is Brc1cc(CSc2nnc(-c3ccncc3)o2)cs1. The van der Waals surface area contributed by atoms with Crippen LogP contribution >= 0.6 is 39.0 Å². The van der Waals surface area contributed by atoms with Gasteiger partial charge in [-0.05, 0) is 45.1 Å². The normalized spacial score (nSPS) is 10.8. The fraction of sp³-hybridized carbons (Fsp3) is 0.0833. The third-order valence-corrected chi connectivity index (χ3v) is 4.76. The van der Waals surface area contributed by atoms with Crippen molar-refractivity contribution in [2.24, 2.45) is 0 Å². The molecule has 0 radical (unpaired) electrons. The molecule has 0 saturated heterocycles. The van der Waals surface area contributed by atoms with E-state index in [2.05, 4.69) is 42.6 Å². The van der Waals surface area contributed by atoms with Crippen LogP contribution in [0.3, 0.4) is 0 Å². The van der Waals surface area contributed by atoms with Gasteiger partial charge in [0.2, 0.25) is 5.89 Å². The van der Waals surface area contributed by atoms with Crippen LogP contribution in [0.1, 0.15) is 5.56 Å². The van der Waals surface area contributed by atoms with E-state index in [-0.39, 0.29) is 0 Å². The fourth-order valence-electron chi connectivity index (χ4n) is 1.45. The second kappa shape index (κ2) is 5.85. The highest BCUT2D eigenvalue weighted by molar-refractivity contribution is 9.11. The van der Waals surface area contributed by atoms with Crippen LogP contribution in [0, 0.1) is 0 Å². The largest absolute Gasteiger partial charge is 0.411 e. The first kappa shape index (κ1) is 12.8. The van der Waals surface area contributed by atoms with Crippen LogP contribution in [0.25, 0.3) is 11.5 Å². The molecule has 0 amide bonds. The Morgan fingerprint density at radius 3 is 2.84 bits per heavy atom. The molecule has 0 fully saturated rings. The Kier molecular flexibility index (Phi) is 3.95. The van der Waals surface area contributed by atoms with Crippen LogP contribution in [0.2, 0.25) is 0 Å². The second-order valence-electron chi connectivity index (χ2n) is 3.66. The van der Waals surface area contributed by atoms with Crippen molar-refractivity contribution in [1.29, 1.82) is 0 Å². The van der Waals surface area contributed by atoms with E-state index in [1.165, 1.54) is 17.3 Å². The van der Waals surface area contributed by atoms with Crippen LogP contribution in [-0.2, 0) is 5.75 Å². The minimum absolute atomic E-state index is 0.524. The third kappa shape index (κ3) is 3.23. The van der Waals surface area contributed by atoms with Crippen molar-refractivity contribution in [2.45, 2.75) is 11.0 Å². The van der Waals surface area contributed by atoms with Gasteiger partial charge in [-0.3, -0.25) is 4.98 Å². The molecular weight excluding hydrogens is 346 g/mol. The zero-order valence-electron chi connectivity index (χ0n) is 9.62. The maximum Gasteiger partial charge on any atom is 0.277 e. The molecule has 0 aliphatic carbocycles. The van der Waals surface area contributed by atoms with Crippen molar-refractivity contribution < 1.29 is 4.42 Å². The highest BCUT2D eigenvalue weighted by atomic mass is 79.9. The van der Waals surface area contributed by atoms with Crippen molar-refractivity contribution in [3.05, 3.63) is 45.3 Å². The summed E-state index contributed by atoms with van der Waals surface area (Å²) in [6.07, 6.45) is 3.41. The van der Waals surface area contributed by atoms with Crippen LogP contribution in [0.4, 0.5) is 0 Å². The van der Waals surface area contributed by atoms with Gasteiger partial charge in [-0.15, -0.1) is 21.5 Å². The fourth-order valence-corrected chi connectivity index (χ4v) is 3.45. The highest BCUT2D eigenvalue weighted by Crippen LogP contribution is 2.28. The lowest BCUT2D eigenvalue weighted by Gasteiger charge is -1.93. The van der Waals surface area contributed by atoms with Crippen LogP contribution < -0.4 is 0 Å². The molecule has 0 atom stereocenters. The quantitative estimate of drug-likeness (QED) is 0.656. The van der Waals surface area contributed by atoms with E-state index < -0.39 is 0 Å². The van der Waals surface area contributed by atoms with Crippen molar-refractivity contribution in [3.8, 4) is 11.5 Å². The Morgan fingerprint density at radius 1 is 1.26 bits per heavy atom. The second-order valence-corrected chi connectivity index (χ2v) is 6.87. The standard InChI is InChI=1S/C12H8BrN3OS2/c13-10-5-8(6-18-10)7-19-12-16-15-11(17-12)9-1-3-14-4-2-9/h1-6H,7H2. The first-order chi connectivity index (χ1) is 9.31. The maximum absolute atomic E-state index is 5.60. The van der Waals surface area contributed by atoms with E-state index in [1.807, 2.05) is 12.1 Å². The van der Waals surface area contributed by atoms with Crippen molar-refractivity contribution in [1.82, 2.24) is 15.2 Å². The van der Waals surface area contributed by atoms with Gasteiger partial charge >= 0.3 is 0 Å². The van der Waals surface area contributed by atoms with Crippen molar-refractivity contribution in [2.75, 3.05) is 0 Å². The predicted octanol–water partition coefficient (Wildman–Crippen LogP) is 4.25. The smallest absolute Gasteiger partial charge is 0.277 e. The molecule has 0 saturated carbocycles. The molecule has 0 unspecified atom stereocenters. The lowest BCUT2D eigenvalue weighted by Crippen LogP contribution is -1.77. The lowest BCUT2D eigenvalue weighted by atomic mass is 10.3. The van der Waals surface area contributed by atoms with Crippen molar-refractivity contribution >= 4 is 39.0 Å². The number of thiophene rings is 1. The average molecular weight is 354 g/mol. The van der Waals surface area contributed by atoms with Gasteiger partial charge in [-0.1, -0.05) is 11.8 Å². The minimum Gasteiger partial charge on any atom is -0.411 e. The zero-order chi connectivity index (χ0) is 13.1. The molecule has 3 aromatic heterocycles. The minimum atomic E-state index is 0.524. The van der Waals surface area contributed by atoms with Crippen LogP contribution in [0.5, 0.6) is 0 Å². The molecule has 0 bridgehead atoms. The Bertz CT molecular complexity index is 668. The summed E-state index contributed by atoms with van der Waals surface area (Å²) in [5.41, 5.74) is 2.12. The summed E-state index contributed by atoms with van der Waals surface area (Å²) in [6, 6.07) is 5.79. The zero-order valence-corrected chi connectivity index (χ0v) is 12.8. The Balaban J connectivity index is 1.68. The molecule has 19 heavy (non-hydrogen) atoms. The van der Waals surface area contributed by atoms with Gasteiger partial charge in [0.05, 0.1) is 3.79 Å². The number of rotatable bonds is 4. The Labute approximate surface area is 126 Å². The molecule has 4 nitrogen and oxygen atoms in total. The molecular formula is C12H8BrN3OS2. The number of halogens is 1. The van der Waals surface area contributed by atoms with E-state index in [0.717, 1.165) is 15.1 Å². The highest BCUT2D eigenvalue weighted by Gasteiger charge is 2.09. The van der Waals surface area contributed by atoms with E-state index >= 15 is 0 Å². The van der Waals surface area contributed by atoms with Gasteiger partial charge in [0.15, 0.2) is 0 Å². The average Bonchev–Trinajstić information content (AvgIpc) is 3.06. The number of hydrogen-bond donors (Lipinski definition) is 0. The van der Waals surface area contributed by atoms with Gasteiger partial charge in [0.1, 0.15) is 0 Å². The van der Waals surface area contributed by atoms with Crippen LogP contribution in [0.15, 0.2) is 49.4 Å². The Hall–Kier alpha value is -1.18. The Morgan fingerprint density at radius 2 is 2.11 bits per heavy atom. The molecule has 0 aromatic carbocycles. The molecule has 3 heterocycles. The summed E-state index contributed by atoms with van der Waals surface area (Å²) in [5.74, 6) is 1.34. The van der Waals surface area contributed by atoms with Gasteiger partial charge in [0.25, 0.3) is 5.22 Å². The third-order valence-electron chi connectivity index (χ3n) is 2.32. The molecule has 0 spiro atoms. The van der Waals surface area contributed by atoms with E-state index in [4.69, 9.17) is 4.42 Å². The molecule has 3 rings (SSSR count). The number of hydrogen-bond acceptors (Lipinski definition) is 6. The number of thioether (sulfide) groups is 1. The number of nitrogens with zero attached hydrogens (tertiary/aromatic N) is 3. The number of aromatic nitrogens is 3. The van der Waals surface area contributed by atoms with Crippen LogP contribution in [-0.4, -0.2) is 15.2 Å². The van der Waals surface area contributed by atoms with Gasteiger partial charge in [-0.25, -0.2) is 0 Å². The lowest BCUT2D eigenvalue weighted by molar-refractivity contribution is 0.466. The molecule has 0 aliphatic heterocycles. The van der Waals surface area contributed by atoms with Gasteiger partial charge in [-0.2, -0.15) is 0 Å². The summed E-state index contributed by atoms with van der Waals surface area (Å²) in [7, 11) is 0. The summed E-state index contributed by atoms with van der Waals surface area (Å²) < 4.78 is 6.73. The monoisotopic (exact) mass is 353 g/mol. The summed E-state index contributed by atoms with van der Waals surface area (Å²) >= 11 is 6.65. The van der Waals surface area contributed by atoms with E-state index in [0.29, 0.717) is 11.1 Å². The molecule has 0 N–H and O–H groups in total. The summed E-state index contributed by atoms with van der Waals surface area (Å²) in [4.78, 5) is 3.96. The molecule has 0 aliphatic rings. The summed E-state index contributed by atoms with van der Waals surface area (Å²) in [6.45, 7) is 0. The maximum atomic E-state index is 5.60. The number of pyridine rings is 1. The molecule has 96 valence electrons. The molecule has 7 heteroatoms. The van der Waals surface area contributed by atoms with Gasteiger partial charge in [0, 0.05) is 23.7 Å².